The van der Waals surface area contributed by atoms with Crippen LogP contribution in [0.1, 0.15) is 39.0 Å². The summed E-state index contributed by atoms with van der Waals surface area (Å²) >= 11 is 1.43. The maximum Gasteiger partial charge on any atom is 0.326 e. The van der Waals surface area contributed by atoms with E-state index in [1.807, 2.05) is 6.26 Å². The van der Waals surface area contributed by atoms with Gasteiger partial charge < -0.3 is 42.9 Å². The molecule has 0 saturated carbocycles. The van der Waals surface area contributed by atoms with Crippen LogP contribution in [0.3, 0.4) is 0 Å². The normalized spacial score (nSPS) is 18.7. The van der Waals surface area contributed by atoms with Crippen molar-refractivity contribution in [2.75, 3.05) is 25.1 Å². The minimum atomic E-state index is -1.41. The monoisotopic (exact) mass is 503 g/mol. The lowest BCUT2D eigenvalue weighted by molar-refractivity contribution is -0.143. The van der Waals surface area contributed by atoms with Gasteiger partial charge in [-0.05, 0) is 57.6 Å². The Bertz CT molecular complexity index is 726. The minimum absolute atomic E-state index is 0.0968. The zero-order valence-corrected chi connectivity index (χ0v) is 20.4. The summed E-state index contributed by atoms with van der Waals surface area (Å²) in [5.74, 6) is -2.68. The molecule has 0 bridgehead atoms. The number of rotatable bonds is 15. The first-order valence-electron chi connectivity index (χ1n) is 11.2. The van der Waals surface area contributed by atoms with E-state index >= 15 is 0 Å². The lowest BCUT2D eigenvalue weighted by Gasteiger charge is -2.26. The highest BCUT2D eigenvalue weighted by Crippen LogP contribution is 2.08. The molecule has 13 nitrogen and oxygen atoms in total. The summed E-state index contributed by atoms with van der Waals surface area (Å²) in [5.41, 5.74) is 10.6. The van der Waals surface area contributed by atoms with Crippen molar-refractivity contribution >= 4 is 41.4 Å². The maximum absolute atomic E-state index is 13.0. The van der Waals surface area contributed by atoms with Gasteiger partial charge in [0, 0.05) is 6.54 Å². The van der Waals surface area contributed by atoms with Crippen molar-refractivity contribution in [1.82, 2.24) is 21.3 Å². The van der Waals surface area contributed by atoms with Crippen LogP contribution >= 0.6 is 11.8 Å². The summed E-state index contributed by atoms with van der Waals surface area (Å²) in [6.45, 7) is 2.24. The SMILES string of the molecule is CSCCC(NC(=O)C(NC(=O)C(CCCN=C(N)N)NC(=O)C1CCCN1)C(C)O)C(=O)O. The number of aliphatic carboxylic acids is 1. The Hall–Kier alpha value is -2.58. The Morgan fingerprint density at radius 1 is 1.12 bits per heavy atom. The van der Waals surface area contributed by atoms with E-state index in [1.165, 1.54) is 18.7 Å². The van der Waals surface area contributed by atoms with E-state index in [2.05, 4.69) is 26.3 Å². The number of nitrogens with zero attached hydrogens (tertiary/aromatic N) is 1. The van der Waals surface area contributed by atoms with Gasteiger partial charge >= 0.3 is 5.97 Å². The molecule has 14 heteroatoms. The molecule has 0 radical (unpaired) electrons. The molecular weight excluding hydrogens is 466 g/mol. The van der Waals surface area contributed by atoms with E-state index in [0.717, 1.165) is 6.42 Å². The first kappa shape index (κ1) is 29.5. The van der Waals surface area contributed by atoms with E-state index < -0.39 is 48.1 Å². The molecule has 10 N–H and O–H groups in total. The van der Waals surface area contributed by atoms with Gasteiger partial charge in [0.05, 0.1) is 12.1 Å². The summed E-state index contributed by atoms with van der Waals surface area (Å²) in [4.78, 5) is 53.5. The van der Waals surface area contributed by atoms with Crippen molar-refractivity contribution in [2.24, 2.45) is 16.5 Å². The van der Waals surface area contributed by atoms with E-state index in [1.54, 1.807) is 0 Å². The number of carbonyl (C=O) groups excluding carboxylic acids is 3. The standard InChI is InChI=1S/C20H37N7O6S/c1-11(28)15(18(31)26-14(19(32)33)7-10-34-2)27-17(30)13(6-4-9-24-20(21)22)25-16(29)12-5-3-8-23-12/h11-15,23,28H,3-10H2,1-2H3,(H,25,29)(H,26,31)(H,27,30)(H,32,33)(H4,21,22,24). The number of aliphatic imine (C=N–C) groups is 1. The van der Waals surface area contributed by atoms with E-state index in [-0.39, 0.29) is 31.3 Å². The van der Waals surface area contributed by atoms with Crippen LogP contribution < -0.4 is 32.7 Å². The Balaban J connectivity index is 2.89. The molecule has 1 saturated heterocycles. The molecule has 5 unspecified atom stereocenters. The Morgan fingerprint density at radius 2 is 1.82 bits per heavy atom. The maximum atomic E-state index is 13.0. The second-order valence-electron chi connectivity index (χ2n) is 8.07. The fourth-order valence-electron chi connectivity index (χ4n) is 3.37. The molecule has 0 aliphatic carbocycles. The highest BCUT2D eigenvalue weighted by atomic mass is 32.2. The van der Waals surface area contributed by atoms with Crippen molar-refractivity contribution in [3.05, 3.63) is 0 Å². The van der Waals surface area contributed by atoms with Crippen molar-refractivity contribution in [3.8, 4) is 0 Å². The van der Waals surface area contributed by atoms with Crippen LogP contribution in [0.2, 0.25) is 0 Å². The smallest absolute Gasteiger partial charge is 0.326 e. The third-order valence-corrected chi connectivity index (χ3v) is 5.89. The average Bonchev–Trinajstić information content (AvgIpc) is 3.31. The van der Waals surface area contributed by atoms with Gasteiger partial charge in [0.1, 0.15) is 18.1 Å². The molecule has 3 amide bonds. The van der Waals surface area contributed by atoms with Crippen molar-refractivity contribution < 1.29 is 29.4 Å². The van der Waals surface area contributed by atoms with Gasteiger partial charge in [0.25, 0.3) is 0 Å². The third-order valence-electron chi connectivity index (χ3n) is 5.24. The number of hydrogen-bond acceptors (Lipinski definition) is 8. The number of carboxylic acid groups (broad SMARTS) is 1. The summed E-state index contributed by atoms with van der Waals surface area (Å²) in [6.07, 6.45) is 2.71. The molecule has 1 rings (SSSR count). The van der Waals surface area contributed by atoms with Crippen LogP contribution in [0.25, 0.3) is 0 Å². The lowest BCUT2D eigenvalue weighted by Crippen LogP contribution is -2.59. The number of nitrogens with two attached hydrogens (primary N) is 2. The van der Waals surface area contributed by atoms with Gasteiger partial charge in [0.15, 0.2) is 5.96 Å². The summed E-state index contributed by atoms with van der Waals surface area (Å²) < 4.78 is 0. The average molecular weight is 504 g/mol. The van der Waals surface area contributed by atoms with Gasteiger partial charge in [-0.15, -0.1) is 0 Å². The second-order valence-corrected chi connectivity index (χ2v) is 9.05. The Kier molecular flexibility index (Phi) is 13.3. The molecular formula is C20H37N7O6S. The first-order chi connectivity index (χ1) is 16.1. The molecule has 34 heavy (non-hydrogen) atoms. The molecule has 0 aromatic carbocycles. The predicted molar refractivity (Wildman–Crippen MR) is 129 cm³/mol. The zero-order valence-electron chi connectivity index (χ0n) is 19.6. The highest BCUT2D eigenvalue weighted by Gasteiger charge is 2.33. The lowest BCUT2D eigenvalue weighted by atomic mass is 10.1. The molecule has 0 aromatic heterocycles. The topological polar surface area (TPSA) is 221 Å². The van der Waals surface area contributed by atoms with Crippen LogP contribution in [0.5, 0.6) is 0 Å². The molecule has 0 spiro atoms. The minimum Gasteiger partial charge on any atom is -0.480 e. The first-order valence-corrected chi connectivity index (χ1v) is 12.6. The molecule has 1 heterocycles. The number of hydrogen-bond donors (Lipinski definition) is 8. The highest BCUT2D eigenvalue weighted by molar-refractivity contribution is 7.98. The van der Waals surface area contributed by atoms with Gasteiger partial charge in [-0.3, -0.25) is 19.4 Å². The Morgan fingerprint density at radius 3 is 2.35 bits per heavy atom. The molecule has 1 fully saturated rings. The third kappa shape index (κ3) is 10.6. The number of aliphatic hydroxyl groups excluding tert-OH is 1. The van der Waals surface area contributed by atoms with E-state index in [9.17, 15) is 29.4 Å². The summed E-state index contributed by atoms with van der Waals surface area (Å²) in [5, 5.41) is 30.0. The van der Waals surface area contributed by atoms with Crippen LogP contribution in [0.15, 0.2) is 4.99 Å². The quantitative estimate of drug-likeness (QED) is 0.0664. The molecule has 0 aromatic rings. The van der Waals surface area contributed by atoms with Gasteiger partial charge in [-0.25, -0.2) is 4.79 Å². The number of nitrogens with one attached hydrogen (secondary N) is 4. The predicted octanol–water partition coefficient (Wildman–Crippen LogP) is -2.54. The summed E-state index contributed by atoms with van der Waals surface area (Å²) in [7, 11) is 0. The number of carboxylic acids is 1. The van der Waals surface area contributed by atoms with Crippen LogP contribution in [-0.2, 0) is 19.2 Å². The molecule has 5 atom stereocenters. The van der Waals surface area contributed by atoms with Crippen molar-refractivity contribution in [3.63, 3.8) is 0 Å². The fraction of sp³-hybridized carbons (Fsp3) is 0.750. The van der Waals surface area contributed by atoms with Crippen molar-refractivity contribution in [1.29, 1.82) is 0 Å². The number of thioether (sulfide) groups is 1. The van der Waals surface area contributed by atoms with Crippen LogP contribution in [0.4, 0.5) is 0 Å². The Labute approximate surface area is 203 Å². The van der Waals surface area contributed by atoms with Gasteiger partial charge in [0.2, 0.25) is 17.7 Å². The molecule has 1 aliphatic heterocycles. The van der Waals surface area contributed by atoms with Gasteiger partial charge in [-0.1, -0.05) is 0 Å². The van der Waals surface area contributed by atoms with Crippen molar-refractivity contribution in [2.45, 2.75) is 69.3 Å². The van der Waals surface area contributed by atoms with E-state index in [4.69, 9.17) is 11.5 Å². The summed E-state index contributed by atoms with van der Waals surface area (Å²) in [6, 6.07) is -4.01. The number of amides is 3. The van der Waals surface area contributed by atoms with E-state index in [0.29, 0.717) is 25.1 Å². The van der Waals surface area contributed by atoms with Crippen LogP contribution in [0, 0.1) is 0 Å². The van der Waals surface area contributed by atoms with Gasteiger partial charge in [-0.2, -0.15) is 11.8 Å². The zero-order chi connectivity index (χ0) is 25.7. The van der Waals surface area contributed by atoms with Crippen LogP contribution in [-0.4, -0.2) is 95.2 Å². The molecule has 1 aliphatic rings. The molecule has 194 valence electrons. The largest absolute Gasteiger partial charge is 0.480 e. The fourth-order valence-corrected chi connectivity index (χ4v) is 3.84. The second kappa shape index (κ2) is 15.3. The number of carbonyl (C=O) groups is 4. The number of guanidine groups is 1. The number of aliphatic hydroxyl groups is 1.